The average molecular weight is 335 g/mol. The molecule has 3 aromatic rings. The van der Waals surface area contributed by atoms with Gasteiger partial charge in [-0.2, -0.15) is 5.10 Å². The highest BCUT2D eigenvalue weighted by atomic mass is 16.2. The quantitative estimate of drug-likeness (QED) is 0.790. The van der Waals surface area contributed by atoms with Crippen LogP contribution in [0.1, 0.15) is 18.4 Å². The molecule has 0 bridgehead atoms. The lowest BCUT2D eigenvalue weighted by molar-refractivity contribution is -0.131. The zero-order chi connectivity index (χ0) is 17.2. The van der Waals surface area contributed by atoms with Gasteiger partial charge in [0.2, 0.25) is 5.91 Å². The molecule has 1 aromatic carbocycles. The number of likely N-dealkylation sites (tertiary alicyclic amines) is 1. The van der Waals surface area contributed by atoms with E-state index in [0.29, 0.717) is 6.42 Å². The Balaban J connectivity index is 1.46. The van der Waals surface area contributed by atoms with Gasteiger partial charge in [-0.05, 0) is 42.5 Å². The van der Waals surface area contributed by atoms with Crippen LogP contribution in [0.15, 0.2) is 48.9 Å². The summed E-state index contributed by atoms with van der Waals surface area (Å²) in [6, 6.07) is 11.7. The smallest absolute Gasteiger partial charge is 0.239 e. The van der Waals surface area contributed by atoms with Crippen LogP contribution in [0, 0.1) is 0 Å². The fraction of sp³-hybridized carbons (Fsp3) is 0.316. The molecule has 0 unspecified atom stereocenters. The van der Waals surface area contributed by atoms with Gasteiger partial charge in [0, 0.05) is 24.8 Å². The van der Waals surface area contributed by atoms with E-state index in [1.165, 1.54) is 0 Å². The Bertz CT molecular complexity index is 880. The minimum Gasteiger partial charge on any atom is -0.341 e. The van der Waals surface area contributed by atoms with Crippen LogP contribution >= 0.6 is 0 Å². The number of nitrogens with zero attached hydrogens (tertiary/aromatic N) is 4. The van der Waals surface area contributed by atoms with Crippen LogP contribution in [0.4, 0.5) is 0 Å². The zero-order valence-electron chi connectivity index (χ0n) is 14.0. The monoisotopic (exact) mass is 335 g/mol. The van der Waals surface area contributed by atoms with E-state index >= 15 is 0 Å². The Hall–Kier alpha value is -2.73. The van der Waals surface area contributed by atoms with Crippen molar-refractivity contribution >= 4 is 11.6 Å². The first-order valence-electron chi connectivity index (χ1n) is 8.64. The van der Waals surface area contributed by atoms with E-state index in [1.807, 2.05) is 35.4 Å². The molecule has 1 aliphatic rings. The van der Waals surface area contributed by atoms with Gasteiger partial charge in [-0.1, -0.05) is 24.3 Å². The first-order chi connectivity index (χ1) is 12.2. The van der Waals surface area contributed by atoms with Crippen molar-refractivity contribution in [2.75, 3.05) is 13.1 Å². The molecule has 2 aromatic heterocycles. The summed E-state index contributed by atoms with van der Waals surface area (Å²) in [4.78, 5) is 18.4. The van der Waals surface area contributed by atoms with Crippen LogP contribution in [0.3, 0.4) is 0 Å². The highest BCUT2D eigenvalue weighted by Gasteiger charge is 2.23. The lowest BCUT2D eigenvalue weighted by atomic mass is 10.0. The number of carbonyl (C=O) groups excluding carboxylic acids is 1. The second-order valence-electron chi connectivity index (χ2n) is 6.52. The Morgan fingerprint density at radius 3 is 2.56 bits per heavy atom. The van der Waals surface area contributed by atoms with Gasteiger partial charge in [0.1, 0.15) is 6.33 Å². The maximum Gasteiger partial charge on any atom is 0.239 e. The maximum atomic E-state index is 12.3. The molecule has 6 heteroatoms. The molecular weight excluding hydrogens is 314 g/mol. The van der Waals surface area contributed by atoms with E-state index in [9.17, 15) is 4.79 Å². The van der Waals surface area contributed by atoms with Crippen molar-refractivity contribution < 1.29 is 4.79 Å². The molecule has 0 radical (unpaired) electrons. The third kappa shape index (κ3) is 3.25. The van der Waals surface area contributed by atoms with Crippen molar-refractivity contribution in [2.24, 2.45) is 5.73 Å². The van der Waals surface area contributed by atoms with E-state index in [0.717, 1.165) is 48.3 Å². The minimum absolute atomic E-state index is 0.0678. The molecule has 1 atom stereocenters. The van der Waals surface area contributed by atoms with Crippen molar-refractivity contribution in [3.63, 3.8) is 0 Å². The van der Waals surface area contributed by atoms with Crippen LogP contribution in [0.5, 0.6) is 0 Å². The van der Waals surface area contributed by atoms with Crippen molar-refractivity contribution in [3.05, 3.63) is 54.5 Å². The fourth-order valence-corrected chi connectivity index (χ4v) is 3.33. The maximum absolute atomic E-state index is 12.3. The molecule has 6 nitrogen and oxygen atoms in total. The summed E-state index contributed by atoms with van der Waals surface area (Å²) in [7, 11) is 0. The fourth-order valence-electron chi connectivity index (χ4n) is 3.33. The van der Waals surface area contributed by atoms with E-state index in [2.05, 4.69) is 22.2 Å². The largest absolute Gasteiger partial charge is 0.341 e. The minimum atomic E-state index is -0.463. The average Bonchev–Trinajstić information content (AvgIpc) is 3.32. The molecule has 1 saturated heterocycles. The molecule has 4 rings (SSSR count). The first-order valence-corrected chi connectivity index (χ1v) is 8.64. The van der Waals surface area contributed by atoms with Gasteiger partial charge in [0.25, 0.3) is 0 Å². The summed E-state index contributed by atoms with van der Waals surface area (Å²) in [5, 5.41) is 4.17. The summed E-state index contributed by atoms with van der Waals surface area (Å²) in [6.07, 6.45) is 6.24. The Morgan fingerprint density at radius 2 is 1.80 bits per heavy atom. The van der Waals surface area contributed by atoms with Crippen molar-refractivity contribution in [3.8, 4) is 11.1 Å². The van der Waals surface area contributed by atoms with Gasteiger partial charge >= 0.3 is 0 Å². The number of pyridine rings is 1. The molecule has 1 amide bonds. The van der Waals surface area contributed by atoms with Gasteiger partial charge in [-0.3, -0.25) is 4.79 Å². The number of benzene rings is 1. The second kappa shape index (κ2) is 6.64. The molecule has 1 fully saturated rings. The topological polar surface area (TPSA) is 76.5 Å². The molecule has 0 spiro atoms. The van der Waals surface area contributed by atoms with Gasteiger partial charge in [0.05, 0.1) is 6.04 Å². The van der Waals surface area contributed by atoms with Crippen molar-refractivity contribution in [1.29, 1.82) is 0 Å². The molecule has 1 aliphatic heterocycles. The van der Waals surface area contributed by atoms with E-state index in [-0.39, 0.29) is 5.91 Å². The summed E-state index contributed by atoms with van der Waals surface area (Å²) in [5.74, 6) is 0.0678. The number of aromatic nitrogens is 3. The lowest BCUT2D eigenvalue weighted by Gasteiger charge is -2.20. The van der Waals surface area contributed by atoms with Crippen LogP contribution in [0.25, 0.3) is 16.8 Å². The first kappa shape index (κ1) is 15.8. The Morgan fingerprint density at radius 1 is 1.08 bits per heavy atom. The number of hydrogen-bond acceptors (Lipinski definition) is 4. The van der Waals surface area contributed by atoms with Gasteiger partial charge in [-0.25, -0.2) is 9.50 Å². The number of hydrogen-bond donors (Lipinski definition) is 1. The molecular formula is C19H21N5O. The Labute approximate surface area is 146 Å². The van der Waals surface area contributed by atoms with Gasteiger partial charge < -0.3 is 10.6 Å². The highest BCUT2D eigenvalue weighted by molar-refractivity contribution is 5.82. The van der Waals surface area contributed by atoms with Crippen molar-refractivity contribution in [1.82, 2.24) is 19.5 Å². The summed E-state index contributed by atoms with van der Waals surface area (Å²) >= 11 is 0. The normalized spacial score (nSPS) is 15.6. The molecule has 0 saturated carbocycles. The molecule has 25 heavy (non-hydrogen) atoms. The number of carbonyl (C=O) groups is 1. The third-order valence-electron chi connectivity index (χ3n) is 4.75. The predicted molar refractivity (Wildman–Crippen MR) is 95.9 cm³/mol. The van der Waals surface area contributed by atoms with Gasteiger partial charge in [-0.15, -0.1) is 0 Å². The number of amides is 1. The number of nitrogens with two attached hydrogens (primary N) is 1. The lowest BCUT2D eigenvalue weighted by Crippen LogP contribution is -2.43. The predicted octanol–water partition coefficient (Wildman–Crippen LogP) is 1.89. The standard InChI is InChI=1S/C19H21N5O/c20-17(19(25)23-9-1-2-10-23)11-14-3-5-15(6-4-14)16-7-8-18-21-13-22-24(18)12-16/h3-8,12-13,17H,1-2,9-11,20H2/t17-/m0/s1. The summed E-state index contributed by atoms with van der Waals surface area (Å²) in [6.45, 7) is 1.69. The highest BCUT2D eigenvalue weighted by Crippen LogP contribution is 2.20. The van der Waals surface area contributed by atoms with Gasteiger partial charge in [0.15, 0.2) is 5.65 Å². The van der Waals surface area contributed by atoms with Crippen LogP contribution in [-0.4, -0.2) is 44.5 Å². The zero-order valence-corrected chi connectivity index (χ0v) is 14.0. The van der Waals surface area contributed by atoms with Crippen molar-refractivity contribution in [2.45, 2.75) is 25.3 Å². The van der Waals surface area contributed by atoms with Crippen LogP contribution in [-0.2, 0) is 11.2 Å². The summed E-state index contributed by atoms with van der Waals surface area (Å²) in [5.41, 5.74) is 10.2. The van der Waals surface area contributed by atoms with Crippen LogP contribution < -0.4 is 5.73 Å². The molecule has 0 aliphatic carbocycles. The van der Waals surface area contributed by atoms with E-state index < -0.39 is 6.04 Å². The SMILES string of the molecule is N[C@@H](Cc1ccc(-c2ccc3ncnn3c2)cc1)C(=O)N1CCCC1. The number of rotatable bonds is 4. The number of fused-ring (bicyclic) bond motifs is 1. The molecule has 2 N–H and O–H groups in total. The second-order valence-corrected chi connectivity index (χ2v) is 6.52. The van der Waals surface area contributed by atoms with E-state index in [4.69, 9.17) is 5.73 Å². The van der Waals surface area contributed by atoms with E-state index in [1.54, 1.807) is 10.8 Å². The third-order valence-corrected chi connectivity index (χ3v) is 4.75. The Kier molecular flexibility index (Phi) is 4.19. The summed E-state index contributed by atoms with van der Waals surface area (Å²) < 4.78 is 1.76. The van der Waals surface area contributed by atoms with Crippen LogP contribution in [0.2, 0.25) is 0 Å². The molecule has 3 heterocycles. The molecule has 128 valence electrons.